The second-order valence-electron chi connectivity index (χ2n) is 14.8. The van der Waals surface area contributed by atoms with Gasteiger partial charge in [-0.1, -0.05) is 33.8 Å². The Labute approximate surface area is 319 Å². The molecule has 3 aliphatic heterocycles. The van der Waals surface area contributed by atoms with E-state index in [4.69, 9.17) is 9.72 Å². The Bertz CT molecular complexity index is 2010. The number of carbonyl (C=O) groups is 5. The number of carbonyl (C=O) groups excluding carboxylic acids is 5. The second-order valence-corrected chi connectivity index (χ2v) is 14.8. The number of nitrogens with one attached hydrogen (secondary N) is 3. The Morgan fingerprint density at radius 1 is 0.909 bits per heavy atom. The van der Waals surface area contributed by atoms with Crippen LogP contribution in [0.1, 0.15) is 89.2 Å². The molecule has 0 aliphatic carbocycles. The Kier molecular flexibility index (Phi) is 12.0. The monoisotopic (exact) mass is 755 g/mol. The standard InChI is InChI=1S/C39H49N9O7/c1-6-55-39(54)46-33(22(4)5)38(53)48-14-8-10-30(48)35-43-26-12-11-23(15-27(26)44-35)25-18-41-36(42-19-25)34(51)24-16-28(40-17-24)29-9-7-13-47(29)37(52)32(21(2)3)45-31(50)20-49/h11-12,15,17-19,21-22,29-30,32-33,49H,6-10,13-14,16,20H2,1-5H3,(H,43,44)(H,45,50)(H,46,54). The summed E-state index contributed by atoms with van der Waals surface area (Å²) < 4.78 is 5.03. The number of alkyl carbamates (subject to hydrolysis) is 1. The molecule has 0 radical (unpaired) electrons. The number of aliphatic hydroxyl groups is 1. The number of aromatic nitrogens is 4. The highest BCUT2D eigenvalue weighted by molar-refractivity contribution is 6.12. The van der Waals surface area contributed by atoms with Gasteiger partial charge in [0.2, 0.25) is 29.3 Å². The van der Waals surface area contributed by atoms with Crippen molar-refractivity contribution in [2.75, 3.05) is 26.3 Å². The van der Waals surface area contributed by atoms with Gasteiger partial charge in [0, 0.05) is 55.0 Å². The average Bonchev–Trinajstić information content (AvgIpc) is 4.01. The third-order valence-corrected chi connectivity index (χ3v) is 10.4. The third-order valence-electron chi connectivity index (χ3n) is 10.4. The van der Waals surface area contributed by atoms with E-state index in [-0.39, 0.29) is 60.4 Å². The van der Waals surface area contributed by atoms with Crippen LogP contribution in [0, 0.1) is 11.8 Å². The zero-order valence-electron chi connectivity index (χ0n) is 31.9. The molecule has 2 aromatic heterocycles. The minimum Gasteiger partial charge on any atom is -0.450 e. The molecule has 3 aromatic rings. The molecular formula is C39H49N9O7. The van der Waals surface area contributed by atoms with Gasteiger partial charge in [0.05, 0.1) is 29.7 Å². The van der Waals surface area contributed by atoms with Crippen LogP contribution >= 0.6 is 0 Å². The number of imidazole rings is 1. The number of amides is 4. The molecule has 16 heteroatoms. The predicted octanol–water partition coefficient (Wildman–Crippen LogP) is 3.49. The molecule has 4 amide bonds. The van der Waals surface area contributed by atoms with Crippen molar-refractivity contribution in [1.29, 1.82) is 0 Å². The average molecular weight is 756 g/mol. The fraction of sp³-hybridized carbons (Fsp3) is 0.513. The van der Waals surface area contributed by atoms with E-state index >= 15 is 0 Å². The van der Waals surface area contributed by atoms with Crippen molar-refractivity contribution < 1.29 is 33.8 Å². The van der Waals surface area contributed by atoms with E-state index in [0.29, 0.717) is 42.2 Å². The number of nitrogens with zero attached hydrogens (tertiary/aromatic N) is 6. The van der Waals surface area contributed by atoms with E-state index in [9.17, 15) is 29.1 Å². The van der Waals surface area contributed by atoms with Crippen molar-refractivity contribution in [3.63, 3.8) is 0 Å². The summed E-state index contributed by atoms with van der Waals surface area (Å²) in [6.07, 6.45) is 7.35. The summed E-state index contributed by atoms with van der Waals surface area (Å²) in [6.45, 7) is 9.73. The van der Waals surface area contributed by atoms with Crippen LogP contribution in [-0.2, 0) is 19.1 Å². The number of likely N-dealkylation sites (tertiary alicyclic amines) is 2. The normalized spacial score (nSPS) is 19.4. The van der Waals surface area contributed by atoms with Gasteiger partial charge in [-0.2, -0.15) is 0 Å². The Balaban J connectivity index is 1.10. The summed E-state index contributed by atoms with van der Waals surface area (Å²) in [5.74, 6) is -0.993. The lowest BCUT2D eigenvalue weighted by molar-refractivity contribution is -0.138. The van der Waals surface area contributed by atoms with Crippen LogP contribution in [0.4, 0.5) is 4.79 Å². The number of rotatable bonds is 13. The third kappa shape index (κ3) is 8.43. The van der Waals surface area contributed by atoms with E-state index in [0.717, 1.165) is 35.9 Å². The summed E-state index contributed by atoms with van der Waals surface area (Å²) in [4.78, 5) is 89.7. The van der Waals surface area contributed by atoms with Gasteiger partial charge in [-0.15, -0.1) is 0 Å². The largest absolute Gasteiger partial charge is 0.450 e. The minimum absolute atomic E-state index is 0.0328. The van der Waals surface area contributed by atoms with E-state index in [1.807, 2.05) is 45.9 Å². The summed E-state index contributed by atoms with van der Waals surface area (Å²) in [7, 11) is 0. The number of ketones is 1. The molecule has 55 heavy (non-hydrogen) atoms. The SMILES string of the molecule is CCOC(=O)NC(C(=O)N1CCCC1c1nc2ccc(-c3cnc(C(=O)C4=CN=C(C5CCCN5C(=O)C(NC(=O)CO)C(C)C)C4)nc3)cc2[nH]1)C(C)C. The van der Waals surface area contributed by atoms with Crippen LogP contribution in [-0.4, -0.2) is 115 Å². The van der Waals surface area contributed by atoms with Crippen molar-refractivity contribution >= 4 is 46.3 Å². The van der Waals surface area contributed by atoms with Gasteiger partial charge < -0.3 is 35.3 Å². The van der Waals surface area contributed by atoms with Gasteiger partial charge in [-0.3, -0.25) is 24.2 Å². The molecule has 4 unspecified atom stereocenters. The number of aromatic amines is 1. The number of Topliss-reactive ketones (excluding diaryl/α,β-unsaturated/α-hetero) is 1. The van der Waals surface area contributed by atoms with Gasteiger partial charge >= 0.3 is 6.09 Å². The van der Waals surface area contributed by atoms with Gasteiger partial charge in [-0.05, 0) is 62.1 Å². The highest BCUT2D eigenvalue weighted by Crippen LogP contribution is 2.34. The predicted molar refractivity (Wildman–Crippen MR) is 203 cm³/mol. The highest BCUT2D eigenvalue weighted by atomic mass is 16.5. The highest BCUT2D eigenvalue weighted by Gasteiger charge is 2.40. The number of hydrogen-bond donors (Lipinski definition) is 4. The molecule has 16 nitrogen and oxygen atoms in total. The lowest BCUT2D eigenvalue weighted by Gasteiger charge is -2.31. The molecule has 4 atom stereocenters. The molecule has 1 aromatic carbocycles. The molecule has 5 heterocycles. The Morgan fingerprint density at radius 3 is 2.18 bits per heavy atom. The van der Waals surface area contributed by atoms with Crippen molar-refractivity contribution in [2.24, 2.45) is 16.8 Å². The van der Waals surface area contributed by atoms with Crippen molar-refractivity contribution in [3.05, 3.63) is 54.0 Å². The smallest absolute Gasteiger partial charge is 0.407 e. The van der Waals surface area contributed by atoms with Crippen LogP contribution in [0.5, 0.6) is 0 Å². The summed E-state index contributed by atoms with van der Waals surface area (Å²) in [6, 6.07) is 3.63. The number of ether oxygens (including phenoxy) is 1. The van der Waals surface area contributed by atoms with Gasteiger partial charge in [0.15, 0.2) is 0 Å². The maximum Gasteiger partial charge on any atom is 0.407 e. The molecule has 0 saturated carbocycles. The number of fused-ring (bicyclic) bond motifs is 1. The first kappa shape index (κ1) is 39.2. The van der Waals surface area contributed by atoms with Crippen molar-refractivity contribution in [3.8, 4) is 11.1 Å². The van der Waals surface area contributed by atoms with Gasteiger partial charge in [0.1, 0.15) is 24.5 Å². The van der Waals surface area contributed by atoms with Crippen LogP contribution in [0.25, 0.3) is 22.2 Å². The van der Waals surface area contributed by atoms with E-state index in [2.05, 4.69) is 30.6 Å². The van der Waals surface area contributed by atoms with Crippen molar-refractivity contribution in [1.82, 2.24) is 40.4 Å². The number of hydrogen-bond acceptors (Lipinski definition) is 11. The molecule has 2 saturated heterocycles. The second kappa shape index (κ2) is 16.9. The minimum atomic E-state index is -0.779. The number of benzene rings is 1. The van der Waals surface area contributed by atoms with Gasteiger partial charge in [0.25, 0.3) is 0 Å². The molecule has 4 N–H and O–H groups in total. The number of allylic oxidation sites excluding steroid dienone is 1. The quantitative estimate of drug-likeness (QED) is 0.187. The van der Waals surface area contributed by atoms with Crippen LogP contribution < -0.4 is 10.6 Å². The summed E-state index contributed by atoms with van der Waals surface area (Å²) >= 11 is 0. The first-order valence-electron chi connectivity index (χ1n) is 19.0. The van der Waals surface area contributed by atoms with E-state index < -0.39 is 30.7 Å². The fourth-order valence-electron chi connectivity index (χ4n) is 7.49. The van der Waals surface area contributed by atoms with E-state index in [1.54, 1.807) is 29.1 Å². The molecule has 3 aliphatic rings. The number of aliphatic hydroxyl groups excluding tert-OH is 1. The molecule has 2 fully saturated rings. The van der Waals surface area contributed by atoms with E-state index in [1.165, 1.54) is 6.20 Å². The lowest BCUT2D eigenvalue weighted by Crippen LogP contribution is -2.54. The Hall–Kier alpha value is -5.51. The lowest BCUT2D eigenvalue weighted by atomic mass is 9.98. The molecule has 0 spiro atoms. The summed E-state index contributed by atoms with van der Waals surface area (Å²) in [5.41, 5.74) is 4.14. The summed E-state index contributed by atoms with van der Waals surface area (Å²) in [5, 5.41) is 14.5. The maximum absolute atomic E-state index is 13.7. The fourth-order valence-corrected chi connectivity index (χ4v) is 7.49. The molecule has 0 bridgehead atoms. The van der Waals surface area contributed by atoms with Crippen LogP contribution in [0.2, 0.25) is 0 Å². The zero-order valence-corrected chi connectivity index (χ0v) is 31.9. The number of aliphatic imine (C=N–C) groups is 1. The first-order chi connectivity index (χ1) is 26.4. The van der Waals surface area contributed by atoms with Crippen molar-refractivity contribution in [2.45, 2.75) is 90.9 Å². The topological polar surface area (TPSA) is 212 Å². The van der Waals surface area contributed by atoms with Gasteiger partial charge in [-0.25, -0.2) is 19.7 Å². The Morgan fingerprint density at radius 2 is 1.55 bits per heavy atom. The van der Waals surface area contributed by atoms with Crippen LogP contribution in [0.15, 0.2) is 47.4 Å². The molecule has 6 rings (SSSR count). The first-order valence-corrected chi connectivity index (χ1v) is 19.0. The molecular weight excluding hydrogens is 706 g/mol. The maximum atomic E-state index is 13.7. The number of H-pyrrole nitrogens is 1. The molecule has 292 valence electrons. The van der Waals surface area contributed by atoms with Crippen LogP contribution in [0.3, 0.4) is 0 Å². The zero-order chi connectivity index (χ0) is 39.4.